The van der Waals surface area contributed by atoms with Crippen LogP contribution in [0.2, 0.25) is 0 Å². The van der Waals surface area contributed by atoms with E-state index in [1.54, 1.807) is 41.5 Å². The van der Waals surface area contributed by atoms with Gasteiger partial charge in [-0.25, -0.2) is 9.59 Å². The third-order valence-electron chi connectivity index (χ3n) is 10.5. The van der Waals surface area contributed by atoms with Crippen LogP contribution in [0, 0.1) is 23.7 Å². The van der Waals surface area contributed by atoms with Gasteiger partial charge in [-0.2, -0.15) is 0 Å². The molecule has 2 aliphatic heterocycles. The van der Waals surface area contributed by atoms with Crippen LogP contribution in [0.15, 0.2) is 0 Å². The van der Waals surface area contributed by atoms with Crippen LogP contribution in [0.3, 0.4) is 0 Å². The van der Waals surface area contributed by atoms with Gasteiger partial charge in [-0.05, 0) is 49.4 Å². The molecule has 16 heteroatoms. The Morgan fingerprint density at radius 2 is 0.906 bits per heavy atom. The number of nitrogens with one attached hydrogen (secondary N) is 4. The maximum atomic E-state index is 13.6. The number of esters is 2. The van der Waals surface area contributed by atoms with Gasteiger partial charge >= 0.3 is 11.9 Å². The molecule has 16 nitrogen and oxygen atoms in total. The lowest BCUT2D eigenvalue weighted by molar-refractivity contribution is -0.148. The zero-order valence-corrected chi connectivity index (χ0v) is 33.1. The van der Waals surface area contributed by atoms with Crippen LogP contribution in [-0.4, -0.2) is 121 Å². The van der Waals surface area contributed by atoms with Gasteiger partial charge in [-0.1, -0.05) is 68.2 Å². The summed E-state index contributed by atoms with van der Waals surface area (Å²) in [4.78, 5) is 108. The summed E-state index contributed by atoms with van der Waals surface area (Å²) < 4.78 is 9.67. The Bertz CT molecular complexity index is 1240. The van der Waals surface area contributed by atoms with Gasteiger partial charge in [0.1, 0.15) is 42.7 Å². The summed E-state index contributed by atoms with van der Waals surface area (Å²) in [6.07, 6.45) is 2.21. The topological polar surface area (TPSA) is 210 Å². The van der Waals surface area contributed by atoms with Crippen molar-refractivity contribution in [3.05, 3.63) is 0 Å². The molecule has 0 radical (unpaired) electrons. The number of carbonyl (C=O) groups is 8. The van der Waals surface area contributed by atoms with Crippen molar-refractivity contribution in [3.63, 3.8) is 0 Å². The van der Waals surface area contributed by atoms with Crippen molar-refractivity contribution in [1.29, 1.82) is 0 Å². The maximum absolute atomic E-state index is 13.6. The minimum absolute atomic E-state index is 0.237. The highest BCUT2D eigenvalue weighted by Crippen LogP contribution is 2.23. The number of likely N-dealkylation sites (tertiary alicyclic amines) is 2. The van der Waals surface area contributed by atoms with Gasteiger partial charge in [-0.15, -0.1) is 0 Å². The molecule has 2 saturated heterocycles. The van der Waals surface area contributed by atoms with Crippen LogP contribution in [0.1, 0.15) is 100 Å². The second kappa shape index (κ2) is 20.9. The van der Waals surface area contributed by atoms with Crippen LogP contribution >= 0.6 is 0 Å². The normalized spacial score (nSPS) is 20.5. The first-order valence-corrected chi connectivity index (χ1v) is 18.9. The molecular formula is C37H62N6O10. The zero-order valence-electron chi connectivity index (χ0n) is 33.1. The maximum Gasteiger partial charge on any atom is 0.328 e. The van der Waals surface area contributed by atoms with Crippen molar-refractivity contribution in [2.45, 2.75) is 137 Å². The van der Waals surface area contributed by atoms with E-state index in [2.05, 4.69) is 21.3 Å². The second-order valence-electron chi connectivity index (χ2n) is 14.9. The van der Waals surface area contributed by atoms with E-state index in [4.69, 9.17) is 9.47 Å². The summed E-state index contributed by atoms with van der Waals surface area (Å²) in [6, 6.07) is -5.62. The van der Waals surface area contributed by atoms with Gasteiger partial charge < -0.3 is 40.5 Å². The first-order chi connectivity index (χ1) is 24.9. The Labute approximate surface area is 313 Å². The predicted molar refractivity (Wildman–Crippen MR) is 194 cm³/mol. The highest BCUT2D eigenvalue weighted by Gasteiger charge is 2.41. The molecule has 2 rings (SSSR count). The Kier molecular flexibility index (Phi) is 17.7. The predicted octanol–water partition coefficient (Wildman–Crippen LogP) is 1.05. The molecule has 4 N–H and O–H groups in total. The molecule has 0 aromatic heterocycles. The molecule has 2 heterocycles. The van der Waals surface area contributed by atoms with E-state index in [1.807, 2.05) is 13.8 Å². The second-order valence-corrected chi connectivity index (χ2v) is 14.9. The highest BCUT2D eigenvalue weighted by molar-refractivity contribution is 6.01. The van der Waals surface area contributed by atoms with Crippen LogP contribution in [0.25, 0.3) is 0 Å². The minimum atomic E-state index is -0.987. The minimum Gasteiger partial charge on any atom is -0.467 e. The van der Waals surface area contributed by atoms with Crippen molar-refractivity contribution < 1.29 is 47.8 Å². The molecule has 0 bridgehead atoms. The monoisotopic (exact) mass is 750 g/mol. The summed E-state index contributed by atoms with van der Waals surface area (Å²) in [7, 11) is 2.46. The number of amides is 6. The van der Waals surface area contributed by atoms with E-state index in [-0.39, 0.29) is 36.8 Å². The third-order valence-corrected chi connectivity index (χ3v) is 10.5. The largest absolute Gasteiger partial charge is 0.467 e. The van der Waals surface area contributed by atoms with Crippen LogP contribution in [0.4, 0.5) is 0 Å². The Hall–Kier alpha value is -4.24. The van der Waals surface area contributed by atoms with Gasteiger partial charge in [0.05, 0.1) is 14.2 Å². The Morgan fingerprint density at radius 3 is 1.19 bits per heavy atom. The summed E-state index contributed by atoms with van der Waals surface area (Å²) in [5.41, 5.74) is 0. The van der Waals surface area contributed by atoms with Crippen molar-refractivity contribution in [3.8, 4) is 0 Å². The Balaban J connectivity index is 2.14. The number of hydrogen-bond acceptors (Lipinski definition) is 10. The van der Waals surface area contributed by atoms with Crippen molar-refractivity contribution >= 4 is 47.4 Å². The van der Waals surface area contributed by atoms with Gasteiger partial charge in [0.2, 0.25) is 35.4 Å². The number of ether oxygens (including phenoxy) is 2. The molecule has 53 heavy (non-hydrogen) atoms. The van der Waals surface area contributed by atoms with E-state index >= 15 is 0 Å². The molecule has 0 aromatic carbocycles. The molecular weight excluding hydrogens is 688 g/mol. The molecule has 0 aromatic rings. The average molecular weight is 751 g/mol. The summed E-state index contributed by atoms with van der Waals surface area (Å²) in [5, 5.41) is 11.0. The fraction of sp³-hybridized carbons (Fsp3) is 0.784. The summed E-state index contributed by atoms with van der Waals surface area (Å²) in [6.45, 7) is 14.9. The Morgan fingerprint density at radius 1 is 0.566 bits per heavy atom. The number of carbonyl (C=O) groups excluding carboxylic acids is 8. The van der Waals surface area contributed by atoms with Crippen molar-refractivity contribution in [2.75, 3.05) is 27.3 Å². The molecule has 2 aliphatic rings. The quantitative estimate of drug-likeness (QED) is 0.116. The van der Waals surface area contributed by atoms with Gasteiger partial charge in [0.15, 0.2) is 0 Å². The lowest BCUT2D eigenvalue weighted by Crippen LogP contribution is -2.58. The average Bonchev–Trinajstić information content (AvgIpc) is 3.83. The third kappa shape index (κ3) is 11.9. The van der Waals surface area contributed by atoms with Gasteiger partial charge in [0.25, 0.3) is 0 Å². The standard InChI is InChI=1S/C37H62N6O10/c1-11-22(7)30(34(48)38-28(20(3)4)36(50)52-9)40-32(46)24-15-13-17-42(24)26(44)19-27(45)43-18-14-16-25(43)33(47)41-31(23(8)12-2)35(49)39-29(21(5)6)37(51)53-10/h20-25,28-31H,11-19H2,1-10H3,(H,38,48)(H,39,49)(H,40,46)(H,41,47)/t22-,23-,24-,25-,28-,29-,30-,31-/m0/s1. The highest BCUT2D eigenvalue weighted by atomic mass is 16.5. The van der Waals surface area contributed by atoms with Crippen LogP contribution in [-0.2, 0) is 47.8 Å². The van der Waals surface area contributed by atoms with Gasteiger partial charge in [-0.3, -0.25) is 28.8 Å². The number of methoxy groups -OCH3 is 2. The molecule has 0 unspecified atom stereocenters. The van der Waals surface area contributed by atoms with Crippen molar-refractivity contribution in [1.82, 2.24) is 31.1 Å². The SMILES string of the molecule is CC[C@H](C)[C@H](NC(=O)[C@@H]1CCCN1C(=O)CC(=O)N1CCC[C@H]1C(=O)N[C@H](C(=O)N[C@H](C(=O)OC)C(C)C)[C@@H](C)CC)C(=O)N[C@H](C(=O)OC)C(C)C. The van der Waals surface area contributed by atoms with Gasteiger partial charge in [0, 0.05) is 13.1 Å². The zero-order chi connectivity index (χ0) is 40.2. The lowest BCUT2D eigenvalue weighted by Gasteiger charge is -2.31. The fourth-order valence-corrected chi connectivity index (χ4v) is 6.65. The number of nitrogens with zero attached hydrogens (tertiary/aromatic N) is 2. The molecule has 8 atom stereocenters. The van der Waals surface area contributed by atoms with Crippen molar-refractivity contribution in [2.24, 2.45) is 23.7 Å². The van der Waals surface area contributed by atoms with E-state index in [0.29, 0.717) is 38.5 Å². The lowest BCUT2D eigenvalue weighted by atomic mass is 9.96. The first-order valence-electron chi connectivity index (χ1n) is 18.9. The first kappa shape index (κ1) is 44.9. The van der Waals surface area contributed by atoms with E-state index in [9.17, 15) is 38.4 Å². The van der Waals surface area contributed by atoms with Crippen LogP contribution in [0.5, 0.6) is 0 Å². The summed E-state index contributed by atoms with van der Waals surface area (Å²) in [5.74, 6) is -5.66. The van der Waals surface area contributed by atoms with Crippen LogP contribution < -0.4 is 21.3 Å². The smallest absolute Gasteiger partial charge is 0.328 e. The molecule has 0 spiro atoms. The molecule has 2 fully saturated rings. The molecule has 6 amide bonds. The molecule has 0 aliphatic carbocycles. The molecule has 0 saturated carbocycles. The molecule has 300 valence electrons. The van der Waals surface area contributed by atoms with E-state index in [1.165, 1.54) is 24.0 Å². The van der Waals surface area contributed by atoms with E-state index < -0.39 is 90.1 Å². The van der Waals surface area contributed by atoms with E-state index in [0.717, 1.165) is 0 Å². The summed E-state index contributed by atoms with van der Waals surface area (Å²) >= 11 is 0. The number of rotatable bonds is 18. The fourth-order valence-electron chi connectivity index (χ4n) is 6.65. The number of hydrogen-bond donors (Lipinski definition) is 4.